The van der Waals surface area contributed by atoms with Gasteiger partial charge in [-0.2, -0.15) is 10.5 Å². The minimum absolute atomic E-state index is 0.528. The van der Waals surface area contributed by atoms with Crippen molar-refractivity contribution in [1.29, 1.82) is 10.5 Å². The molecular formula is C60H36N6. The monoisotopic (exact) mass is 840 g/mol. The molecule has 6 heteroatoms. The average molecular weight is 841 g/mol. The number of rotatable bonds is 7. The van der Waals surface area contributed by atoms with Crippen LogP contribution < -0.4 is 0 Å². The highest BCUT2D eigenvalue weighted by Crippen LogP contribution is 2.48. The molecule has 0 aliphatic carbocycles. The van der Waals surface area contributed by atoms with Crippen molar-refractivity contribution < 1.29 is 0 Å². The Kier molecular flexibility index (Phi) is 9.16. The normalized spacial score (nSPS) is 11.3. The Hall–Kier alpha value is -9.36. The zero-order valence-corrected chi connectivity index (χ0v) is 35.5. The number of fused-ring (bicyclic) bond motifs is 7. The summed E-state index contributed by atoms with van der Waals surface area (Å²) in [6, 6.07) is 79.3. The average Bonchev–Trinajstić information content (AvgIpc) is 3.91. The van der Waals surface area contributed by atoms with E-state index >= 15 is 0 Å². The molecule has 306 valence electrons. The SMILES string of the molecule is N#Cc1ccccc1-c1cc(-c2cc(-c3ccccc3)nc(-c3ccccc3)n2)cc(-c2ccccc2C#N)c1-n1c2ccccc2c2c1ccc1c3ccccc3n(-c3ccccc3)c12. The van der Waals surface area contributed by atoms with Crippen molar-refractivity contribution in [2.75, 3.05) is 0 Å². The van der Waals surface area contributed by atoms with Gasteiger partial charge in [0, 0.05) is 66.2 Å². The molecule has 0 amide bonds. The van der Waals surface area contributed by atoms with E-state index in [1.165, 1.54) is 5.39 Å². The summed E-state index contributed by atoms with van der Waals surface area (Å²) < 4.78 is 4.73. The third-order valence-corrected chi connectivity index (χ3v) is 12.6. The summed E-state index contributed by atoms with van der Waals surface area (Å²) in [5.74, 6) is 0.592. The molecule has 0 saturated heterocycles. The van der Waals surface area contributed by atoms with Crippen LogP contribution in [0.15, 0.2) is 218 Å². The maximum Gasteiger partial charge on any atom is 0.160 e. The fourth-order valence-corrected chi connectivity index (χ4v) is 9.73. The zero-order chi connectivity index (χ0) is 44.1. The quantitative estimate of drug-likeness (QED) is 0.160. The molecule has 66 heavy (non-hydrogen) atoms. The second kappa shape index (κ2) is 15.8. The van der Waals surface area contributed by atoms with E-state index in [2.05, 4.69) is 137 Å². The topological polar surface area (TPSA) is 83.2 Å². The van der Waals surface area contributed by atoms with Gasteiger partial charge in [-0.05, 0) is 60.7 Å². The van der Waals surface area contributed by atoms with Gasteiger partial charge in [0.1, 0.15) is 0 Å². The van der Waals surface area contributed by atoms with Gasteiger partial charge in [-0.3, -0.25) is 0 Å². The van der Waals surface area contributed by atoms with Crippen LogP contribution in [0.2, 0.25) is 0 Å². The first kappa shape index (κ1) is 38.3. The Morgan fingerprint density at radius 1 is 0.364 bits per heavy atom. The van der Waals surface area contributed by atoms with Crippen LogP contribution in [0.3, 0.4) is 0 Å². The molecule has 3 heterocycles. The van der Waals surface area contributed by atoms with Crippen LogP contribution >= 0.6 is 0 Å². The molecule has 0 atom stereocenters. The Balaban J connectivity index is 1.26. The summed E-state index contributed by atoms with van der Waals surface area (Å²) in [6.07, 6.45) is 0. The highest BCUT2D eigenvalue weighted by atomic mass is 15.0. The summed E-state index contributed by atoms with van der Waals surface area (Å²) in [6.45, 7) is 0. The minimum Gasteiger partial charge on any atom is -0.309 e. The van der Waals surface area contributed by atoms with Crippen molar-refractivity contribution in [2.45, 2.75) is 0 Å². The van der Waals surface area contributed by atoms with E-state index in [-0.39, 0.29) is 0 Å². The molecule has 0 spiro atoms. The number of aromatic nitrogens is 4. The molecule has 0 bridgehead atoms. The molecule has 9 aromatic carbocycles. The smallest absolute Gasteiger partial charge is 0.160 e. The molecule has 0 unspecified atom stereocenters. The highest BCUT2D eigenvalue weighted by molar-refractivity contribution is 6.26. The van der Waals surface area contributed by atoms with Crippen molar-refractivity contribution >= 4 is 43.6 Å². The fourth-order valence-electron chi connectivity index (χ4n) is 9.73. The molecule has 0 radical (unpaired) electrons. The lowest BCUT2D eigenvalue weighted by atomic mass is 9.88. The Bertz CT molecular complexity index is 3810. The van der Waals surface area contributed by atoms with Gasteiger partial charge in [-0.15, -0.1) is 0 Å². The van der Waals surface area contributed by atoms with Crippen molar-refractivity contribution in [3.63, 3.8) is 0 Å². The number of nitrogens with zero attached hydrogens (tertiary/aromatic N) is 6. The van der Waals surface area contributed by atoms with Crippen LogP contribution in [-0.4, -0.2) is 19.1 Å². The van der Waals surface area contributed by atoms with Gasteiger partial charge in [0.2, 0.25) is 0 Å². The van der Waals surface area contributed by atoms with Crippen molar-refractivity contribution in [3.8, 4) is 79.7 Å². The summed E-state index contributed by atoms with van der Waals surface area (Å²) in [4.78, 5) is 10.4. The van der Waals surface area contributed by atoms with Crippen LogP contribution in [0.1, 0.15) is 11.1 Å². The lowest BCUT2D eigenvalue weighted by molar-refractivity contribution is 1.17. The molecule has 0 fully saturated rings. The third-order valence-electron chi connectivity index (χ3n) is 12.6. The predicted molar refractivity (Wildman–Crippen MR) is 267 cm³/mol. The minimum atomic E-state index is 0.528. The van der Waals surface area contributed by atoms with E-state index in [1.807, 2.05) is 103 Å². The maximum atomic E-state index is 10.8. The van der Waals surface area contributed by atoms with E-state index < -0.39 is 0 Å². The van der Waals surface area contributed by atoms with Crippen LogP contribution in [0.25, 0.3) is 111 Å². The van der Waals surface area contributed by atoms with E-state index in [0.29, 0.717) is 22.6 Å². The van der Waals surface area contributed by atoms with Crippen LogP contribution in [0, 0.1) is 22.7 Å². The van der Waals surface area contributed by atoms with Crippen LogP contribution in [-0.2, 0) is 0 Å². The fraction of sp³-hybridized carbons (Fsp3) is 0. The van der Waals surface area contributed by atoms with E-state index in [0.717, 1.165) is 94.2 Å². The number of hydrogen-bond donors (Lipinski definition) is 0. The van der Waals surface area contributed by atoms with Gasteiger partial charge < -0.3 is 9.13 Å². The lowest BCUT2D eigenvalue weighted by Gasteiger charge is -2.22. The zero-order valence-electron chi connectivity index (χ0n) is 35.5. The third kappa shape index (κ3) is 6.17. The van der Waals surface area contributed by atoms with Gasteiger partial charge >= 0.3 is 0 Å². The second-order valence-electron chi connectivity index (χ2n) is 16.3. The number of nitriles is 2. The molecular weight excluding hydrogens is 805 g/mol. The summed E-state index contributed by atoms with van der Waals surface area (Å²) >= 11 is 0. The van der Waals surface area contributed by atoms with E-state index in [1.54, 1.807) is 0 Å². The molecule has 12 rings (SSSR count). The van der Waals surface area contributed by atoms with Gasteiger partial charge in [0.05, 0.1) is 62.4 Å². The second-order valence-corrected chi connectivity index (χ2v) is 16.3. The Labute approximate surface area is 380 Å². The van der Waals surface area contributed by atoms with Gasteiger partial charge in [0.25, 0.3) is 0 Å². The first-order valence-electron chi connectivity index (χ1n) is 21.9. The Morgan fingerprint density at radius 3 is 1.48 bits per heavy atom. The highest BCUT2D eigenvalue weighted by Gasteiger charge is 2.27. The molecule has 0 aliphatic heterocycles. The largest absolute Gasteiger partial charge is 0.309 e. The van der Waals surface area contributed by atoms with Crippen LogP contribution in [0.5, 0.6) is 0 Å². The standard InChI is InChI=1S/C60H36N6/c61-37-41-22-10-12-26-45(41)50-34-43(53-36-52(39-18-4-1-5-19-39)63-60(64-53)40-20-6-2-7-21-40)35-51(46-27-13-11-23-42(46)38-62)58(50)66-55-31-17-15-29-49(55)57-56(66)33-32-48-47-28-14-16-30-54(47)65(59(48)57)44-24-8-3-9-25-44/h1-36H. The van der Waals surface area contributed by atoms with Crippen LogP contribution in [0.4, 0.5) is 0 Å². The summed E-state index contributed by atoms with van der Waals surface area (Å²) in [5, 5.41) is 26.2. The van der Waals surface area contributed by atoms with E-state index in [4.69, 9.17) is 9.97 Å². The molecule has 6 nitrogen and oxygen atoms in total. The maximum absolute atomic E-state index is 10.8. The van der Waals surface area contributed by atoms with Gasteiger partial charge in [0.15, 0.2) is 5.82 Å². The summed E-state index contributed by atoms with van der Waals surface area (Å²) in [5.41, 5.74) is 14.5. The first-order valence-corrected chi connectivity index (χ1v) is 21.9. The van der Waals surface area contributed by atoms with Crippen molar-refractivity contribution in [1.82, 2.24) is 19.1 Å². The molecule has 0 aliphatic rings. The molecule has 0 saturated carbocycles. The Morgan fingerprint density at radius 2 is 0.864 bits per heavy atom. The first-order chi connectivity index (χ1) is 32.7. The number of para-hydroxylation sites is 3. The van der Waals surface area contributed by atoms with Gasteiger partial charge in [-0.1, -0.05) is 158 Å². The number of benzene rings is 9. The van der Waals surface area contributed by atoms with Gasteiger partial charge in [-0.25, -0.2) is 9.97 Å². The predicted octanol–water partition coefficient (Wildman–Crippen LogP) is 14.7. The van der Waals surface area contributed by atoms with Crippen molar-refractivity contribution in [3.05, 3.63) is 230 Å². The number of hydrogen-bond acceptors (Lipinski definition) is 4. The molecule has 3 aromatic heterocycles. The summed E-state index contributed by atoms with van der Waals surface area (Å²) in [7, 11) is 0. The van der Waals surface area contributed by atoms with Crippen molar-refractivity contribution in [2.24, 2.45) is 0 Å². The molecule has 0 N–H and O–H groups in total. The van der Waals surface area contributed by atoms with E-state index in [9.17, 15) is 10.5 Å². The lowest BCUT2D eigenvalue weighted by Crippen LogP contribution is -2.04. The molecule has 12 aromatic rings.